The van der Waals surface area contributed by atoms with E-state index in [0.717, 1.165) is 23.7 Å². The number of hydrogen-bond acceptors (Lipinski definition) is 3. The molecule has 4 aliphatic rings. The minimum atomic E-state index is -0.547. The van der Waals surface area contributed by atoms with Gasteiger partial charge in [0.2, 0.25) is 0 Å². The van der Waals surface area contributed by atoms with Crippen LogP contribution >= 0.6 is 0 Å². The molecule has 0 aromatic carbocycles. The number of nitrogens with one attached hydrogen (secondary N) is 1. The molecule has 0 atom stereocenters. The van der Waals surface area contributed by atoms with E-state index >= 15 is 0 Å². The summed E-state index contributed by atoms with van der Waals surface area (Å²) in [4.78, 5) is 11.8. The molecule has 4 aliphatic carbocycles. The second kappa shape index (κ2) is 4.22. The largest absolute Gasteiger partial charge is 0.468 e. The molecule has 0 radical (unpaired) electrons. The van der Waals surface area contributed by atoms with Gasteiger partial charge in [0, 0.05) is 6.04 Å². The van der Waals surface area contributed by atoms with Crippen LogP contribution in [-0.2, 0) is 9.53 Å². The van der Waals surface area contributed by atoms with Crippen LogP contribution in [0, 0.1) is 23.7 Å². The first-order chi connectivity index (χ1) is 8.49. The summed E-state index contributed by atoms with van der Waals surface area (Å²) in [6.07, 6.45) is 6.98. The van der Waals surface area contributed by atoms with Crippen LogP contribution in [0.2, 0.25) is 0 Å². The zero-order valence-corrected chi connectivity index (χ0v) is 11.7. The van der Waals surface area contributed by atoms with Gasteiger partial charge in [0.25, 0.3) is 0 Å². The quantitative estimate of drug-likeness (QED) is 0.783. The third-order valence-electron chi connectivity index (χ3n) is 5.45. The van der Waals surface area contributed by atoms with E-state index in [-0.39, 0.29) is 5.97 Å². The van der Waals surface area contributed by atoms with Crippen molar-refractivity contribution < 1.29 is 9.53 Å². The Kier molecular flexibility index (Phi) is 2.92. The lowest BCUT2D eigenvalue weighted by molar-refractivity contribution is -0.148. The van der Waals surface area contributed by atoms with Crippen LogP contribution < -0.4 is 5.32 Å². The first kappa shape index (κ1) is 12.5. The summed E-state index contributed by atoms with van der Waals surface area (Å²) in [5, 5.41) is 3.61. The number of esters is 1. The van der Waals surface area contributed by atoms with Crippen molar-refractivity contribution in [3.05, 3.63) is 0 Å². The average molecular weight is 251 g/mol. The molecule has 102 valence electrons. The summed E-state index contributed by atoms with van der Waals surface area (Å²) in [7, 11) is 1.47. The molecule has 3 nitrogen and oxygen atoms in total. The van der Waals surface area contributed by atoms with E-state index in [9.17, 15) is 4.79 Å². The van der Waals surface area contributed by atoms with E-state index in [0.29, 0.717) is 6.04 Å². The summed E-state index contributed by atoms with van der Waals surface area (Å²) in [6.45, 7) is 3.90. The molecule has 18 heavy (non-hydrogen) atoms. The Bertz CT molecular complexity index is 322. The van der Waals surface area contributed by atoms with Crippen molar-refractivity contribution in [1.29, 1.82) is 0 Å². The molecule has 4 bridgehead atoms. The number of hydrogen-bond donors (Lipinski definition) is 1. The normalized spacial score (nSPS) is 42.1. The van der Waals surface area contributed by atoms with Crippen LogP contribution in [0.15, 0.2) is 0 Å². The fourth-order valence-electron chi connectivity index (χ4n) is 4.89. The molecule has 0 aromatic rings. The van der Waals surface area contributed by atoms with E-state index in [1.807, 2.05) is 13.8 Å². The molecular formula is C15H25NO2. The van der Waals surface area contributed by atoms with Crippen LogP contribution in [0.25, 0.3) is 0 Å². The van der Waals surface area contributed by atoms with Gasteiger partial charge in [-0.1, -0.05) is 0 Å². The second-order valence-electron chi connectivity index (χ2n) is 7.22. The summed E-state index contributed by atoms with van der Waals surface area (Å²) < 4.78 is 4.91. The SMILES string of the molecule is COC(=O)C(C)(C)NC1C2CC3CC(C2)CC1C3. The minimum absolute atomic E-state index is 0.142. The van der Waals surface area contributed by atoms with Crippen molar-refractivity contribution in [2.75, 3.05) is 7.11 Å². The third kappa shape index (κ3) is 1.97. The maximum Gasteiger partial charge on any atom is 0.325 e. The van der Waals surface area contributed by atoms with Crippen molar-refractivity contribution in [3.63, 3.8) is 0 Å². The van der Waals surface area contributed by atoms with Crippen LogP contribution in [-0.4, -0.2) is 24.7 Å². The monoisotopic (exact) mass is 251 g/mol. The van der Waals surface area contributed by atoms with E-state index in [4.69, 9.17) is 4.74 Å². The first-order valence-corrected chi connectivity index (χ1v) is 7.35. The van der Waals surface area contributed by atoms with E-state index < -0.39 is 5.54 Å². The predicted molar refractivity (Wildman–Crippen MR) is 70.1 cm³/mol. The van der Waals surface area contributed by atoms with Gasteiger partial charge in [-0.2, -0.15) is 0 Å². The maximum atomic E-state index is 11.8. The molecule has 3 heteroatoms. The molecule has 4 rings (SSSR count). The molecule has 0 heterocycles. The Balaban J connectivity index is 1.72. The second-order valence-corrected chi connectivity index (χ2v) is 7.22. The highest BCUT2D eigenvalue weighted by Gasteiger charge is 2.49. The Labute approximate surface area is 110 Å². The van der Waals surface area contributed by atoms with Gasteiger partial charge in [-0.05, 0) is 69.6 Å². The van der Waals surface area contributed by atoms with Crippen molar-refractivity contribution in [1.82, 2.24) is 5.32 Å². The van der Waals surface area contributed by atoms with E-state index in [2.05, 4.69) is 5.32 Å². The molecule has 0 spiro atoms. The Morgan fingerprint density at radius 3 is 2.00 bits per heavy atom. The van der Waals surface area contributed by atoms with Crippen molar-refractivity contribution in [3.8, 4) is 0 Å². The van der Waals surface area contributed by atoms with E-state index in [1.165, 1.54) is 39.2 Å². The zero-order valence-electron chi connectivity index (χ0n) is 11.7. The Morgan fingerprint density at radius 2 is 1.56 bits per heavy atom. The van der Waals surface area contributed by atoms with Gasteiger partial charge in [-0.25, -0.2) is 0 Å². The van der Waals surface area contributed by atoms with Crippen LogP contribution in [0.3, 0.4) is 0 Å². The highest BCUT2D eigenvalue weighted by atomic mass is 16.5. The van der Waals surface area contributed by atoms with Crippen LogP contribution in [0.5, 0.6) is 0 Å². The minimum Gasteiger partial charge on any atom is -0.468 e. The molecule has 4 saturated carbocycles. The van der Waals surface area contributed by atoms with Crippen molar-refractivity contribution >= 4 is 5.97 Å². The van der Waals surface area contributed by atoms with Gasteiger partial charge in [0.05, 0.1) is 7.11 Å². The molecule has 4 fully saturated rings. The Morgan fingerprint density at radius 1 is 1.06 bits per heavy atom. The average Bonchev–Trinajstić information content (AvgIpc) is 2.31. The first-order valence-electron chi connectivity index (χ1n) is 7.35. The fourth-order valence-corrected chi connectivity index (χ4v) is 4.89. The Hall–Kier alpha value is -0.570. The van der Waals surface area contributed by atoms with Gasteiger partial charge in [0.15, 0.2) is 0 Å². The third-order valence-corrected chi connectivity index (χ3v) is 5.45. The smallest absolute Gasteiger partial charge is 0.325 e. The molecule has 0 saturated heterocycles. The van der Waals surface area contributed by atoms with Gasteiger partial charge in [-0.3, -0.25) is 10.1 Å². The fraction of sp³-hybridized carbons (Fsp3) is 0.933. The molecule has 0 aliphatic heterocycles. The van der Waals surface area contributed by atoms with Gasteiger partial charge < -0.3 is 4.74 Å². The maximum absolute atomic E-state index is 11.8. The highest BCUT2D eigenvalue weighted by molar-refractivity contribution is 5.79. The molecular weight excluding hydrogens is 226 g/mol. The molecule has 0 amide bonds. The number of methoxy groups -OCH3 is 1. The summed E-state index contributed by atoms with van der Waals surface area (Å²) in [6, 6.07) is 0.534. The van der Waals surface area contributed by atoms with Crippen molar-refractivity contribution in [2.45, 2.75) is 57.5 Å². The summed E-state index contributed by atoms with van der Waals surface area (Å²) in [5.41, 5.74) is -0.547. The lowest BCUT2D eigenvalue weighted by Gasteiger charge is -2.55. The zero-order chi connectivity index (χ0) is 12.9. The van der Waals surface area contributed by atoms with Gasteiger partial charge >= 0.3 is 5.97 Å². The number of rotatable bonds is 3. The van der Waals surface area contributed by atoms with Crippen LogP contribution in [0.1, 0.15) is 46.0 Å². The summed E-state index contributed by atoms with van der Waals surface area (Å²) >= 11 is 0. The van der Waals surface area contributed by atoms with Gasteiger partial charge in [0.1, 0.15) is 5.54 Å². The number of ether oxygens (including phenoxy) is 1. The van der Waals surface area contributed by atoms with Crippen LogP contribution in [0.4, 0.5) is 0 Å². The van der Waals surface area contributed by atoms with Crippen molar-refractivity contribution in [2.24, 2.45) is 23.7 Å². The molecule has 0 aromatic heterocycles. The lowest BCUT2D eigenvalue weighted by Crippen LogP contribution is -2.61. The van der Waals surface area contributed by atoms with Gasteiger partial charge in [-0.15, -0.1) is 0 Å². The molecule has 1 N–H and O–H groups in total. The highest BCUT2D eigenvalue weighted by Crippen LogP contribution is 2.54. The molecule has 0 unspecified atom stereocenters. The number of carbonyl (C=O) groups excluding carboxylic acids is 1. The predicted octanol–water partition coefficient (Wildman–Crippen LogP) is 2.35. The topological polar surface area (TPSA) is 38.3 Å². The lowest BCUT2D eigenvalue weighted by atomic mass is 9.54. The summed E-state index contributed by atoms with van der Waals surface area (Å²) in [5.74, 6) is 3.41. The standard InChI is InChI=1S/C15H25NO2/c1-15(2,14(17)18-3)16-13-11-5-9-4-10(7-11)8-12(13)6-9/h9-13,16H,4-8H2,1-3H3. The van der Waals surface area contributed by atoms with E-state index in [1.54, 1.807) is 0 Å². The number of carbonyl (C=O) groups is 1.